The lowest BCUT2D eigenvalue weighted by Crippen LogP contribution is -2.45. The number of carbonyl (C=O) groups is 1. The molecule has 0 aromatic heterocycles. The predicted molar refractivity (Wildman–Crippen MR) is 130 cm³/mol. The molecule has 0 heterocycles. The van der Waals surface area contributed by atoms with Gasteiger partial charge in [-0.3, -0.25) is 4.79 Å². The Balaban J connectivity index is 1.96. The molecule has 0 aliphatic heterocycles. The van der Waals surface area contributed by atoms with E-state index in [2.05, 4.69) is 10.0 Å². The molecule has 1 unspecified atom stereocenters. The molecule has 0 aliphatic rings. The number of rotatable bonds is 10. The molecule has 180 valence electrons. The van der Waals surface area contributed by atoms with Crippen LogP contribution < -0.4 is 24.2 Å². The number of amides is 1. The number of hydrogen-bond acceptors (Lipinski definition) is 6. The van der Waals surface area contributed by atoms with Crippen LogP contribution in [0.15, 0.2) is 71.6 Å². The molecule has 0 fully saturated rings. The Kier molecular flexibility index (Phi) is 8.14. The summed E-state index contributed by atoms with van der Waals surface area (Å²) in [7, 11) is 0.280. The summed E-state index contributed by atoms with van der Waals surface area (Å²) in [5.74, 6) is 0.564. The SMILES string of the molecule is COc1ccc(OC)c(NC(=O)C(Cc2ccccc2)NS(=O)(=O)c2cc(C)ccc2OC)c1. The maximum Gasteiger partial charge on any atom is 0.245 e. The fraction of sp³-hybridized carbons (Fsp3) is 0.240. The van der Waals surface area contributed by atoms with E-state index >= 15 is 0 Å². The Hall–Kier alpha value is -3.56. The van der Waals surface area contributed by atoms with Gasteiger partial charge in [0.15, 0.2) is 0 Å². The first kappa shape index (κ1) is 25.1. The van der Waals surface area contributed by atoms with Crippen LogP contribution in [0.25, 0.3) is 0 Å². The highest BCUT2D eigenvalue weighted by Gasteiger charge is 2.29. The minimum atomic E-state index is -4.10. The Morgan fingerprint density at radius 3 is 2.21 bits per heavy atom. The zero-order chi connectivity index (χ0) is 24.7. The quantitative estimate of drug-likeness (QED) is 0.456. The summed E-state index contributed by atoms with van der Waals surface area (Å²) >= 11 is 0. The molecule has 0 bridgehead atoms. The summed E-state index contributed by atoms with van der Waals surface area (Å²) < 4.78 is 45.0. The van der Waals surface area contributed by atoms with Crippen LogP contribution in [-0.4, -0.2) is 41.7 Å². The molecule has 0 radical (unpaired) electrons. The highest BCUT2D eigenvalue weighted by Crippen LogP contribution is 2.29. The lowest BCUT2D eigenvalue weighted by molar-refractivity contribution is -0.117. The molecule has 34 heavy (non-hydrogen) atoms. The van der Waals surface area contributed by atoms with E-state index in [1.165, 1.54) is 27.4 Å². The van der Waals surface area contributed by atoms with Gasteiger partial charge in [-0.25, -0.2) is 8.42 Å². The largest absolute Gasteiger partial charge is 0.497 e. The highest BCUT2D eigenvalue weighted by atomic mass is 32.2. The molecule has 3 rings (SSSR count). The maximum atomic E-state index is 13.3. The molecule has 3 aromatic rings. The van der Waals surface area contributed by atoms with E-state index in [9.17, 15) is 13.2 Å². The standard InChI is InChI=1S/C25H28N2O6S/c1-17-10-12-23(33-4)24(14-17)34(29,30)27-21(15-18-8-6-5-7-9-18)25(28)26-20-16-19(31-2)11-13-22(20)32-3/h5-14,16,21,27H,15H2,1-4H3,(H,26,28). The summed E-state index contributed by atoms with van der Waals surface area (Å²) in [4.78, 5) is 13.3. The molecular formula is C25H28N2O6S. The Morgan fingerprint density at radius 1 is 0.882 bits per heavy atom. The van der Waals surface area contributed by atoms with Gasteiger partial charge in [0.1, 0.15) is 28.2 Å². The molecular weight excluding hydrogens is 456 g/mol. The molecule has 0 saturated carbocycles. The van der Waals surface area contributed by atoms with Crippen LogP contribution in [0.3, 0.4) is 0 Å². The van der Waals surface area contributed by atoms with Gasteiger partial charge in [-0.2, -0.15) is 4.72 Å². The molecule has 1 atom stereocenters. The van der Waals surface area contributed by atoms with E-state index in [4.69, 9.17) is 14.2 Å². The molecule has 0 saturated heterocycles. The number of nitrogens with one attached hydrogen (secondary N) is 2. The summed E-state index contributed by atoms with van der Waals surface area (Å²) in [5.41, 5.74) is 1.89. The van der Waals surface area contributed by atoms with Gasteiger partial charge in [-0.15, -0.1) is 0 Å². The van der Waals surface area contributed by atoms with Crippen molar-refractivity contribution < 1.29 is 27.4 Å². The Bertz CT molecular complexity index is 1250. The van der Waals surface area contributed by atoms with Crippen molar-refractivity contribution >= 4 is 21.6 Å². The number of ether oxygens (including phenoxy) is 3. The van der Waals surface area contributed by atoms with Crippen molar-refractivity contribution in [2.24, 2.45) is 0 Å². The van der Waals surface area contributed by atoms with Crippen molar-refractivity contribution in [3.8, 4) is 17.2 Å². The van der Waals surface area contributed by atoms with Crippen molar-refractivity contribution in [2.45, 2.75) is 24.3 Å². The van der Waals surface area contributed by atoms with Crippen molar-refractivity contribution in [1.82, 2.24) is 4.72 Å². The van der Waals surface area contributed by atoms with Crippen LogP contribution in [0, 0.1) is 6.92 Å². The smallest absolute Gasteiger partial charge is 0.245 e. The molecule has 2 N–H and O–H groups in total. The number of benzene rings is 3. The van der Waals surface area contributed by atoms with Gasteiger partial charge in [0.25, 0.3) is 0 Å². The van der Waals surface area contributed by atoms with Gasteiger partial charge in [0.2, 0.25) is 15.9 Å². The first-order valence-electron chi connectivity index (χ1n) is 10.5. The maximum absolute atomic E-state index is 13.3. The van der Waals surface area contributed by atoms with Crippen LogP contribution in [0.5, 0.6) is 17.2 Å². The van der Waals surface area contributed by atoms with Gasteiger partial charge >= 0.3 is 0 Å². The number of hydrogen-bond donors (Lipinski definition) is 2. The summed E-state index contributed by atoms with van der Waals surface area (Å²) in [5, 5.41) is 2.77. The zero-order valence-corrected chi connectivity index (χ0v) is 20.3. The van der Waals surface area contributed by atoms with E-state index in [1.54, 1.807) is 37.3 Å². The second-order valence-corrected chi connectivity index (χ2v) is 9.26. The fourth-order valence-corrected chi connectivity index (χ4v) is 4.86. The van der Waals surface area contributed by atoms with Crippen molar-refractivity contribution in [3.63, 3.8) is 0 Å². The Morgan fingerprint density at radius 2 is 1.56 bits per heavy atom. The minimum absolute atomic E-state index is 0.0418. The monoisotopic (exact) mass is 484 g/mol. The van der Waals surface area contributed by atoms with Crippen LogP contribution >= 0.6 is 0 Å². The van der Waals surface area contributed by atoms with Crippen molar-refractivity contribution in [2.75, 3.05) is 26.6 Å². The number of methoxy groups -OCH3 is 3. The molecule has 1 amide bonds. The van der Waals surface area contributed by atoms with Crippen LogP contribution in [0.4, 0.5) is 5.69 Å². The fourth-order valence-electron chi connectivity index (χ4n) is 3.41. The van der Waals surface area contributed by atoms with Gasteiger partial charge in [-0.05, 0) is 48.7 Å². The van der Waals surface area contributed by atoms with Crippen molar-refractivity contribution in [1.29, 1.82) is 0 Å². The minimum Gasteiger partial charge on any atom is -0.497 e. The third-order valence-electron chi connectivity index (χ3n) is 5.17. The molecule has 0 spiro atoms. The first-order chi connectivity index (χ1) is 16.3. The first-order valence-corrected chi connectivity index (χ1v) is 12.0. The second-order valence-electron chi connectivity index (χ2n) is 7.57. The second kappa shape index (κ2) is 11.0. The number of anilines is 1. The van der Waals surface area contributed by atoms with Gasteiger partial charge in [-0.1, -0.05) is 36.4 Å². The lowest BCUT2D eigenvalue weighted by Gasteiger charge is -2.21. The lowest BCUT2D eigenvalue weighted by atomic mass is 10.1. The van der Waals surface area contributed by atoms with E-state index in [0.717, 1.165) is 11.1 Å². The average Bonchev–Trinajstić information content (AvgIpc) is 2.84. The highest BCUT2D eigenvalue weighted by molar-refractivity contribution is 7.89. The number of sulfonamides is 1. The zero-order valence-electron chi connectivity index (χ0n) is 19.5. The summed E-state index contributed by atoms with van der Waals surface area (Å²) in [6.45, 7) is 1.78. The Labute approximate surface area is 199 Å². The third-order valence-corrected chi connectivity index (χ3v) is 6.66. The van der Waals surface area contributed by atoms with Gasteiger partial charge in [0, 0.05) is 6.07 Å². The number of carbonyl (C=O) groups excluding carboxylic acids is 1. The van der Waals surface area contributed by atoms with Crippen LogP contribution in [-0.2, 0) is 21.2 Å². The molecule has 3 aromatic carbocycles. The van der Waals surface area contributed by atoms with Crippen molar-refractivity contribution in [3.05, 3.63) is 77.9 Å². The van der Waals surface area contributed by atoms with Crippen LogP contribution in [0.2, 0.25) is 0 Å². The number of aryl methyl sites for hydroxylation is 1. The van der Waals surface area contributed by atoms with Gasteiger partial charge < -0.3 is 19.5 Å². The average molecular weight is 485 g/mol. The third kappa shape index (κ3) is 6.06. The van der Waals surface area contributed by atoms with E-state index in [1.807, 2.05) is 30.3 Å². The van der Waals surface area contributed by atoms with E-state index < -0.39 is 22.0 Å². The molecule has 0 aliphatic carbocycles. The molecule has 9 heteroatoms. The normalized spacial score (nSPS) is 12.0. The topological polar surface area (TPSA) is 103 Å². The van der Waals surface area contributed by atoms with Gasteiger partial charge in [0.05, 0.1) is 27.0 Å². The summed E-state index contributed by atoms with van der Waals surface area (Å²) in [6.07, 6.45) is 0.131. The summed E-state index contributed by atoms with van der Waals surface area (Å²) in [6, 6.07) is 17.8. The van der Waals surface area contributed by atoms with E-state index in [0.29, 0.717) is 17.2 Å². The van der Waals surface area contributed by atoms with Crippen LogP contribution in [0.1, 0.15) is 11.1 Å². The predicted octanol–water partition coefficient (Wildman–Crippen LogP) is 3.55. The van der Waals surface area contributed by atoms with E-state index in [-0.39, 0.29) is 17.1 Å². The molecule has 8 nitrogen and oxygen atoms in total.